The highest BCUT2D eigenvalue weighted by Crippen LogP contribution is 2.10. The molecule has 0 aromatic heterocycles. The Bertz CT molecular complexity index is 223. The van der Waals surface area contributed by atoms with Gasteiger partial charge in [-0.05, 0) is 25.9 Å². The van der Waals surface area contributed by atoms with Crippen molar-refractivity contribution in [2.24, 2.45) is 0 Å². The molecule has 0 aromatic rings. The van der Waals surface area contributed by atoms with E-state index in [-0.39, 0.29) is 6.04 Å². The summed E-state index contributed by atoms with van der Waals surface area (Å²) in [6, 6.07) is -0.222. The van der Waals surface area contributed by atoms with Crippen molar-refractivity contribution in [3.05, 3.63) is 0 Å². The van der Waals surface area contributed by atoms with Crippen molar-refractivity contribution in [2.75, 3.05) is 19.6 Å². The van der Waals surface area contributed by atoms with Crippen molar-refractivity contribution in [1.29, 1.82) is 0 Å². The molecule has 0 bridgehead atoms. The molecule has 2 N–H and O–H groups in total. The van der Waals surface area contributed by atoms with E-state index in [1.165, 1.54) is 32.1 Å². The number of hydrogen-bond donors (Lipinski definition) is 2. The van der Waals surface area contributed by atoms with Crippen LogP contribution in [0.25, 0.3) is 0 Å². The molecule has 4 nitrogen and oxygen atoms in total. The Hall–Kier alpha value is -0.610. The summed E-state index contributed by atoms with van der Waals surface area (Å²) in [6.45, 7) is 6.70. The van der Waals surface area contributed by atoms with Crippen LogP contribution in [0.3, 0.4) is 0 Å². The number of nitrogens with one attached hydrogen (secondary N) is 1. The predicted octanol–water partition coefficient (Wildman–Crippen LogP) is 1.70. The Morgan fingerprint density at radius 1 is 1.18 bits per heavy atom. The molecule has 1 heterocycles. The lowest BCUT2D eigenvalue weighted by atomic mass is 10.1. The zero-order valence-electron chi connectivity index (χ0n) is 11.1. The molecule has 1 rings (SSSR count). The van der Waals surface area contributed by atoms with Gasteiger partial charge in [0.15, 0.2) is 0 Å². The van der Waals surface area contributed by atoms with Gasteiger partial charge >= 0.3 is 5.97 Å². The lowest BCUT2D eigenvalue weighted by Gasteiger charge is -2.28. The molecular weight excluding hydrogens is 216 g/mol. The first-order valence-electron chi connectivity index (χ1n) is 6.81. The predicted molar refractivity (Wildman–Crippen MR) is 69.2 cm³/mol. The second-order valence-corrected chi connectivity index (χ2v) is 5.28. The summed E-state index contributed by atoms with van der Waals surface area (Å²) in [6.07, 6.45) is 6.31. The smallest absolute Gasteiger partial charge is 0.322 e. The van der Waals surface area contributed by atoms with Crippen molar-refractivity contribution in [1.82, 2.24) is 10.2 Å². The first-order valence-corrected chi connectivity index (χ1v) is 6.81. The van der Waals surface area contributed by atoms with E-state index >= 15 is 0 Å². The lowest BCUT2D eigenvalue weighted by Crippen LogP contribution is -2.49. The lowest BCUT2D eigenvalue weighted by molar-refractivity contribution is -0.140. The van der Waals surface area contributed by atoms with E-state index in [2.05, 4.69) is 10.2 Å². The number of aliphatic carboxylic acids is 1. The molecule has 1 aliphatic rings. The van der Waals surface area contributed by atoms with Crippen LogP contribution in [-0.2, 0) is 4.79 Å². The van der Waals surface area contributed by atoms with Crippen molar-refractivity contribution in [3.8, 4) is 0 Å². The third-order valence-corrected chi connectivity index (χ3v) is 3.22. The zero-order valence-corrected chi connectivity index (χ0v) is 11.1. The molecule has 0 aliphatic carbocycles. The Morgan fingerprint density at radius 3 is 2.18 bits per heavy atom. The number of likely N-dealkylation sites (tertiary alicyclic amines) is 1. The molecule has 0 aromatic carbocycles. The maximum absolute atomic E-state index is 11.2. The van der Waals surface area contributed by atoms with Gasteiger partial charge in [0.05, 0.1) is 0 Å². The highest BCUT2D eigenvalue weighted by Gasteiger charge is 2.21. The third kappa shape index (κ3) is 6.03. The van der Waals surface area contributed by atoms with Gasteiger partial charge in [0.2, 0.25) is 0 Å². The van der Waals surface area contributed by atoms with E-state index in [4.69, 9.17) is 0 Å². The minimum Gasteiger partial charge on any atom is -0.480 e. The van der Waals surface area contributed by atoms with Crippen molar-refractivity contribution >= 4 is 5.97 Å². The monoisotopic (exact) mass is 242 g/mol. The SMILES string of the molecule is CC(C)NC(CN1CCCCCCC1)C(=O)O. The van der Waals surface area contributed by atoms with Crippen LogP contribution in [0.4, 0.5) is 0 Å². The summed E-state index contributed by atoms with van der Waals surface area (Å²) in [5, 5.41) is 12.3. The molecule has 4 heteroatoms. The largest absolute Gasteiger partial charge is 0.480 e. The van der Waals surface area contributed by atoms with E-state index in [1.807, 2.05) is 13.8 Å². The fourth-order valence-electron chi connectivity index (χ4n) is 2.36. The Kier molecular flexibility index (Phi) is 6.52. The van der Waals surface area contributed by atoms with Gasteiger partial charge < -0.3 is 15.3 Å². The maximum Gasteiger partial charge on any atom is 0.322 e. The molecule has 0 amide bonds. The number of carboxylic acid groups (broad SMARTS) is 1. The molecular formula is C13H26N2O2. The van der Waals surface area contributed by atoms with Gasteiger partial charge in [-0.15, -0.1) is 0 Å². The summed E-state index contributed by atoms with van der Waals surface area (Å²) >= 11 is 0. The summed E-state index contributed by atoms with van der Waals surface area (Å²) in [5.41, 5.74) is 0. The molecule has 1 unspecified atom stereocenters. The van der Waals surface area contributed by atoms with E-state index in [1.54, 1.807) is 0 Å². The van der Waals surface area contributed by atoms with Crippen LogP contribution in [0.15, 0.2) is 0 Å². The normalized spacial score (nSPS) is 20.9. The minimum atomic E-state index is -0.735. The second kappa shape index (κ2) is 7.67. The van der Waals surface area contributed by atoms with Gasteiger partial charge in [0.1, 0.15) is 6.04 Å². The highest BCUT2D eigenvalue weighted by molar-refractivity contribution is 5.73. The summed E-state index contributed by atoms with van der Waals surface area (Å²) in [5.74, 6) is -0.735. The van der Waals surface area contributed by atoms with Gasteiger partial charge in [0, 0.05) is 12.6 Å². The van der Waals surface area contributed by atoms with E-state index in [0.29, 0.717) is 6.54 Å². The summed E-state index contributed by atoms with van der Waals surface area (Å²) in [4.78, 5) is 13.5. The minimum absolute atomic E-state index is 0.214. The number of carboxylic acids is 1. The third-order valence-electron chi connectivity index (χ3n) is 3.22. The standard InChI is InChI=1S/C13H26N2O2/c1-11(2)14-12(13(16)17)10-15-8-6-4-3-5-7-9-15/h11-12,14H,3-10H2,1-2H3,(H,16,17). The molecule has 1 aliphatic heterocycles. The average molecular weight is 242 g/mol. The summed E-state index contributed by atoms with van der Waals surface area (Å²) < 4.78 is 0. The van der Waals surface area contributed by atoms with Crippen LogP contribution >= 0.6 is 0 Å². The van der Waals surface area contributed by atoms with Crippen LogP contribution in [0, 0.1) is 0 Å². The molecule has 1 saturated heterocycles. The summed E-state index contributed by atoms with van der Waals surface area (Å²) in [7, 11) is 0. The Morgan fingerprint density at radius 2 is 1.71 bits per heavy atom. The first-order chi connectivity index (χ1) is 8.09. The molecule has 100 valence electrons. The number of nitrogens with zero attached hydrogens (tertiary/aromatic N) is 1. The second-order valence-electron chi connectivity index (χ2n) is 5.28. The average Bonchev–Trinajstić information content (AvgIpc) is 2.19. The topological polar surface area (TPSA) is 52.6 Å². The molecule has 1 atom stereocenters. The maximum atomic E-state index is 11.2. The van der Waals surface area contributed by atoms with Crippen molar-refractivity contribution in [2.45, 2.75) is 58.0 Å². The highest BCUT2D eigenvalue weighted by atomic mass is 16.4. The number of carbonyl (C=O) groups is 1. The van der Waals surface area contributed by atoms with Crippen LogP contribution in [0.1, 0.15) is 46.0 Å². The zero-order chi connectivity index (χ0) is 12.7. The van der Waals surface area contributed by atoms with Gasteiger partial charge in [-0.1, -0.05) is 33.1 Å². The van der Waals surface area contributed by atoms with Gasteiger partial charge in [-0.3, -0.25) is 4.79 Å². The molecule has 0 radical (unpaired) electrons. The van der Waals surface area contributed by atoms with Crippen molar-refractivity contribution < 1.29 is 9.90 Å². The van der Waals surface area contributed by atoms with E-state index in [0.717, 1.165) is 13.1 Å². The van der Waals surface area contributed by atoms with Crippen LogP contribution in [0.2, 0.25) is 0 Å². The van der Waals surface area contributed by atoms with Gasteiger partial charge in [-0.2, -0.15) is 0 Å². The number of hydrogen-bond acceptors (Lipinski definition) is 3. The number of rotatable bonds is 5. The van der Waals surface area contributed by atoms with Gasteiger partial charge in [-0.25, -0.2) is 0 Å². The Labute approximate surface area is 104 Å². The fraction of sp³-hybridized carbons (Fsp3) is 0.923. The van der Waals surface area contributed by atoms with E-state index in [9.17, 15) is 9.90 Å². The molecule has 17 heavy (non-hydrogen) atoms. The van der Waals surface area contributed by atoms with Crippen molar-refractivity contribution in [3.63, 3.8) is 0 Å². The van der Waals surface area contributed by atoms with Crippen LogP contribution in [0.5, 0.6) is 0 Å². The van der Waals surface area contributed by atoms with Crippen LogP contribution in [-0.4, -0.2) is 47.7 Å². The quantitative estimate of drug-likeness (QED) is 0.770. The van der Waals surface area contributed by atoms with Gasteiger partial charge in [0.25, 0.3) is 0 Å². The Balaban J connectivity index is 2.43. The molecule has 0 saturated carbocycles. The molecule has 0 spiro atoms. The van der Waals surface area contributed by atoms with Crippen LogP contribution < -0.4 is 5.32 Å². The van der Waals surface area contributed by atoms with E-state index < -0.39 is 12.0 Å². The first kappa shape index (κ1) is 14.5. The molecule has 1 fully saturated rings. The fourth-order valence-corrected chi connectivity index (χ4v) is 2.36.